The highest BCUT2D eigenvalue weighted by Gasteiger charge is 2.05. The minimum Gasteiger partial charge on any atom is -1.00 e. The van der Waals surface area contributed by atoms with Crippen LogP contribution in [0.15, 0.2) is 12.7 Å². The first kappa shape index (κ1) is 16.1. The number of halogens is 1. The Morgan fingerprint density at radius 2 is 1.93 bits per heavy atom. The number of nitrogens with zero attached hydrogens (tertiary/aromatic N) is 1. The minimum atomic E-state index is -0.328. The zero-order valence-corrected chi connectivity index (χ0v) is 10.8. The lowest BCUT2D eigenvalue weighted by molar-refractivity contribution is -0.870. The second-order valence-corrected chi connectivity index (χ2v) is 4.09. The van der Waals surface area contributed by atoms with Crippen LogP contribution in [0.3, 0.4) is 0 Å². The van der Waals surface area contributed by atoms with E-state index in [1.54, 1.807) is 0 Å². The maximum atomic E-state index is 10.6. The van der Waals surface area contributed by atoms with Gasteiger partial charge in [0.05, 0.1) is 34.3 Å². The Morgan fingerprint density at radius 1 is 1.36 bits per heavy atom. The van der Waals surface area contributed by atoms with Gasteiger partial charge in [0.1, 0.15) is 0 Å². The van der Waals surface area contributed by atoms with Crippen molar-refractivity contribution in [1.29, 1.82) is 0 Å². The van der Waals surface area contributed by atoms with Crippen molar-refractivity contribution in [2.24, 2.45) is 0 Å². The predicted molar refractivity (Wildman–Crippen MR) is 53.3 cm³/mol. The summed E-state index contributed by atoms with van der Waals surface area (Å²) in [4.78, 5) is 10.6. The molecule has 0 aliphatic heterocycles. The van der Waals surface area contributed by atoms with Gasteiger partial charge in [-0.1, -0.05) is 6.58 Å². The van der Waals surface area contributed by atoms with Crippen molar-refractivity contribution in [2.75, 3.05) is 34.3 Å². The van der Waals surface area contributed by atoms with Crippen molar-refractivity contribution in [3.63, 3.8) is 0 Å². The van der Waals surface area contributed by atoms with Gasteiger partial charge in [-0.3, -0.25) is 0 Å². The number of hydrogen-bond acceptors (Lipinski definition) is 2. The molecule has 0 rings (SSSR count). The number of unbranched alkanes of at least 4 members (excludes halogenated alkanes) is 1. The fourth-order valence-electron chi connectivity index (χ4n) is 0.920. The number of hydrogen-bond donors (Lipinski definition) is 0. The van der Waals surface area contributed by atoms with E-state index < -0.39 is 0 Å². The molecule has 0 radical (unpaired) electrons. The SMILES string of the molecule is C=CC(=O)OCCCC[N+](C)(C)C.[Br-]. The van der Waals surface area contributed by atoms with Crippen molar-refractivity contribution in [2.45, 2.75) is 12.8 Å². The first-order valence-electron chi connectivity index (χ1n) is 4.55. The quantitative estimate of drug-likeness (QED) is 0.245. The van der Waals surface area contributed by atoms with Gasteiger partial charge in [-0.05, 0) is 12.8 Å². The average Bonchev–Trinajstić information content (AvgIpc) is 2.01. The summed E-state index contributed by atoms with van der Waals surface area (Å²) >= 11 is 0. The van der Waals surface area contributed by atoms with E-state index in [4.69, 9.17) is 4.74 Å². The van der Waals surface area contributed by atoms with Gasteiger partial charge in [0.2, 0.25) is 0 Å². The monoisotopic (exact) mass is 265 g/mol. The Hall–Kier alpha value is -0.350. The number of carbonyl (C=O) groups excluding carboxylic acids is 1. The number of ether oxygens (including phenoxy) is 1. The molecule has 0 aromatic heterocycles. The molecule has 0 N–H and O–H groups in total. The fraction of sp³-hybridized carbons (Fsp3) is 0.700. The summed E-state index contributed by atoms with van der Waals surface area (Å²) in [5, 5.41) is 0. The van der Waals surface area contributed by atoms with Crippen molar-refractivity contribution in [3.8, 4) is 0 Å². The van der Waals surface area contributed by atoms with Crippen LogP contribution in [-0.4, -0.2) is 44.7 Å². The summed E-state index contributed by atoms with van der Waals surface area (Å²) in [6.07, 6.45) is 3.20. The molecular formula is C10H20BrNO2. The van der Waals surface area contributed by atoms with Crippen LogP contribution < -0.4 is 17.0 Å². The van der Waals surface area contributed by atoms with Crippen molar-refractivity contribution in [1.82, 2.24) is 0 Å². The van der Waals surface area contributed by atoms with E-state index in [-0.39, 0.29) is 23.0 Å². The lowest BCUT2D eigenvalue weighted by Gasteiger charge is -2.23. The first-order chi connectivity index (χ1) is 5.95. The van der Waals surface area contributed by atoms with Crippen LogP contribution in [0.4, 0.5) is 0 Å². The molecule has 0 saturated heterocycles. The highest BCUT2D eigenvalue weighted by molar-refractivity contribution is 5.81. The van der Waals surface area contributed by atoms with E-state index in [0.29, 0.717) is 6.61 Å². The molecule has 0 amide bonds. The molecule has 84 valence electrons. The average molecular weight is 266 g/mol. The molecule has 0 aromatic carbocycles. The number of quaternary nitrogens is 1. The normalized spacial score (nSPS) is 10.2. The minimum absolute atomic E-state index is 0. The molecule has 4 heteroatoms. The van der Waals surface area contributed by atoms with Crippen molar-refractivity contribution >= 4 is 5.97 Å². The topological polar surface area (TPSA) is 26.3 Å². The third kappa shape index (κ3) is 11.6. The van der Waals surface area contributed by atoms with Gasteiger partial charge >= 0.3 is 5.97 Å². The molecule has 0 unspecified atom stereocenters. The Kier molecular flexibility index (Phi) is 9.20. The Bertz CT molecular complexity index is 175. The van der Waals surface area contributed by atoms with E-state index in [1.165, 1.54) is 6.08 Å². The highest BCUT2D eigenvalue weighted by atomic mass is 79.9. The highest BCUT2D eigenvalue weighted by Crippen LogP contribution is 1.97. The molecule has 0 aromatic rings. The van der Waals surface area contributed by atoms with Gasteiger partial charge in [0.25, 0.3) is 0 Å². The summed E-state index contributed by atoms with van der Waals surface area (Å²) in [6.45, 7) is 4.93. The van der Waals surface area contributed by atoms with E-state index in [2.05, 4.69) is 27.7 Å². The fourth-order valence-corrected chi connectivity index (χ4v) is 0.920. The van der Waals surface area contributed by atoms with E-state index in [9.17, 15) is 4.79 Å². The standard InChI is InChI=1S/C10H20NO2.BrH/c1-5-10(12)13-9-7-6-8-11(2,3)4;/h5H,1,6-9H2,2-4H3;1H/q+1;/p-1. The third-order valence-corrected chi connectivity index (χ3v) is 1.63. The van der Waals surface area contributed by atoms with Crippen LogP contribution in [0.1, 0.15) is 12.8 Å². The lowest BCUT2D eigenvalue weighted by atomic mass is 10.3. The van der Waals surface area contributed by atoms with Gasteiger partial charge < -0.3 is 26.2 Å². The zero-order valence-electron chi connectivity index (χ0n) is 9.25. The van der Waals surface area contributed by atoms with Crippen LogP contribution in [0, 0.1) is 0 Å². The first-order valence-corrected chi connectivity index (χ1v) is 4.55. The second kappa shape index (κ2) is 8.00. The number of esters is 1. The van der Waals surface area contributed by atoms with Crippen LogP contribution in [0.2, 0.25) is 0 Å². The molecule has 14 heavy (non-hydrogen) atoms. The molecule has 0 fully saturated rings. The molecule has 0 heterocycles. The molecule has 0 atom stereocenters. The van der Waals surface area contributed by atoms with Crippen molar-refractivity contribution in [3.05, 3.63) is 12.7 Å². The molecule has 3 nitrogen and oxygen atoms in total. The molecule has 0 aliphatic carbocycles. The largest absolute Gasteiger partial charge is 1.00 e. The second-order valence-electron chi connectivity index (χ2n) is 4.09. The predicted octanol–water partition coefficient (Wildman–Crippen LogP) is -1.79. The number of rotatable bonds is 6. The van der Waals surface area contributed by atoms with Gasteiger partial charge in [-0.15, -0.1) is 0 Å². The van der Waals surface area contributed by atoms with Crippen LogP contribution >= 0.6 is 0 Å². The molecule has 0 bridgehead atoms. The maximum Gasteiger partial charge on any atom is 0.330 e. The molecule has 0 saturated carbocycles. The van der Waals surface area contributed by atoms with Crippen molar-refractivity contribution < 1.29 is 31.0 Å². The van der Waals surface area contributed by atoms with E-state index in [0.717, 1.165) is 23.9 Å². The van der Waals surface area contributed by atoms with Gasteiger partial charge in [0.15, 0.2) is 0 Å². The third-order valence-electron chi connectivity index (χ3n) is 1.63. The Balaban J connectivity index is 0. The van der Waals surface area contributed by atoms with Crippen LogP contribution in [0.5, 0.6) is 0 Å². The van der Waals surface area contributed by atoms with Gasteiger partial charge in [0, 0.05) is 6.08 Å². The van der Waals surface area contributed by atoms with Gasteiger partial charge in [-0.2, -0.15) is 0 Å². The van der Waals surface area contributed by atoms with E-state index >= 15 is 0 Å². The smallest absolute Gasteiger partial charge is 0.330 e. The summed E-state index contributed by atoms with van der Waals surface area (Å²) in [7, 11) is 6.45. The lowest BCUT2D eigenvalue weighted by Crippen LogP contribution is -3.00. The van der Waals surface area contributed by atoms with Crippen LogP contribution in [0.25, 0.3) is 0 Å². The van der Waals surface area contributed by atoms with E-state index in [1.807, 2.05) is 0 Å². The summed E-state index contributed by atoms with van der Waals surface area (Å²) < 4.78 is 5.80. The van der Waals surface area contributed by atoms with Crippen LogP contribution in [-0.2, 0) is 9.53 Å². The van der Waals surface area contributed by atoms with Gasteiger partial charge in [-0.25, -0.2) is 4.79 Å². The Labute approximate surface area is 97.1 Å². The zero-order chi connectivity index (χ0) is 10.3. The summed E-state index contributed by atoms with van der Waals surface area (Å²) in [5.41, 5.74) is 0. The number of carbonyl (C=O) groups is 1. The molecule has 0 aliphatic rings. The maximum absolute atomic E-state index is 10.6. The molecular weight excluding hydrogens is 246 g/mol. The summed E-state index contributed by atoms with van der Waals surface area (Å²) in [6, 6.07) is 0. The Morgan fingerprint density at radius 3 is 2.36 bits per heavy atom. The summed E-state index contributed by atoms with van der Waals surface area (Å²) in [5.74, 6) is -0.328. The molecule has 0 spiro atoms.